The van der Waals surface area contributed by atoms with E-state index in [1.165, 1.54) is 0 Å². The average molecular weight is 345 g/mol. The largest absolute Gasteiger partial charge is 0.444 e. The molecule has 1 rings (SSSR count). The number of guanidine groups is 1. The van der Waals surface area contributed by atoms with Crippen LogP contribution in [-0.4, -0.2) is 71.2 Å². The minimum Gasteiger partial charge on any atom is -0.444 e. The van der Waals surface area contributed by atoms with E-state index in [-0.39, 0.29) is 12.1 Å². The molecule has 0 aromatic carbocycles. The van der Waals surface area contributed by atoms with E-state index in [2.05, 4.69) is 9.89 Å². The van der Waals surface area contributed by atoms with Gasteiger partial charge in [0.15, 0.2) is 5.96 Å². The van der Waals surface area contributed by atoms with Crippen LogP contribution in [0.1, 0.15) is 41.0 Å². The maximum Gasteiger partial charge on any atom is 0.410 e. The van der Waals surface area contributed by atoms with E-state index in [0.29, 0.717) is 19.0 Å². The third-order valence-electron chi connectivity index (χ3n) is 3.42. The lowest BCUT2D eigenvalue weighted by Gasteiger charge is -2.30. The molecule has 0 saturated carbocycles. The number of nitrogens with two attached hydrogens (primary N) is 1. The number of thioether (sulfide) groups is 1. The van der Waals surface area contributed by atoms with Crippen molar-refractivity contribution in [2.45, 2.75) is 52.7 Å². The van der Waals surface area contributed by atoms with Crippen molar-refractivity contribution in [3.05, 3.63) is 0 Å². The van der Waals surface area contributed by atoms with Gasteiger partial charge in [-0.05, 0) is 41.0 Å². The molecule has 0 bridgehead atoms. The van der Waals surface area contributed by atoms with Crippen molar-refractivity contribution in [2.24, 2.45) is 10.7 Å². The molecule has 1 heterocycles. The normalized spacial score (nSPS) is 16.6. The third-order valence-corrected chi connectivity index (χ3v) is 4.36. The van der Waals surface area contributed by atoms with E-state index >= 15 is 0 Å². The summed E-state index contributed by atoms with van der Waals surface area (Å²) in [5.41, 5.74) is 5.56. The number of nitrogens with zero attached hydrogens (tertiary/aromatic N) is 3. The molecule has 7 heteroatoms. The fourth-order valence-electron chi connectivity index (χ4n) is 2.21. The van der Waals surface area contributed by atoms with Crippen LogP contribution >= 0.6 is 11.8 Å². The van der Waals surface area contributed by atoms with Gasteiger partial charge in [-0.15, -0.1) is 0 Å². The molecule has 1 fully saturated rings. The molecule has 1 saturated heterocycles. The van der Waals surface area contributed by atoms with E-state index in [9.17, 15) is 4.79 Å². The van der Waals surface area contributed by atoms with Gasteiger partial charge < -0.3 is 20.3 Å². The Morgan fingerprint density at radius 3 is 2.48 bits per heavy atom. The number of rotatable bonds is 5. The number of carbonyl (C=O) groups is 1. The van der Waals surface area contributed by atoms with Gasteiger partial charge >= 0.3 is 6.09 Å². The zero-order chi connectivity index (χ0) is 17.5. The number of ether oxygens (including phenoxy) is 1. The summed E-state index contributed by atoms with van der Waals surface area (Å²) in [6.45, 7) is 12.8. The molecule has 1 aliphatic rings. The molecule has 0 unspecified atom stereocenters. The van der Waals surface area contributed by atoms with Gasteiger partial charge in [-0.3, -0.25) is 4.99 Å². The summed E-state index contributed by atoms with van der Waals surface area (Å²) in [6.07, 6.45) is 0.512. The summed E-state index contributed by atoms with van der Waals surface area (Å²) in [5.74, 6) is 2.84. The lowest BCUT2D eigenvalue weighted by molar-refractivity contribution is 0.0190. The molecule has 0 aliphatic carbocycles. The zero-order valence-electron chi connectivity index (χ0n) is 15.2. The standard InChI is InChI=1S/C16H32N4O2S/c1-13(2)20(15(21)22-16(3,4)5)8-6-7-18-14(17)19-9-11-23-12-10-19/h13H,6-12H2,1-5H3,(H2,17,18). The number of amides is 1. The first-order valence-electron chi connectivity index (χ1n) is 8.33. The molecular weight excluding hydrogens is 312 g/mol. The molecule has 0 radical (unpaired) electrons. The van der Waals surface area contributed by atoms with Crippen LogP contribution in [0.15, 0.2) is 4.99 Å². The summed E-state index contributed by atoms with van der Waals surface area (Å²) in [6, 6.07) is 0.102. The lowest BCUT2D eigenvalue weighted by atomic mass is 10.2. The summed E-state index contributed by atoms with van der Waals surface area (Å²) in [4.78, 5) is 20.5. The van der Waals surface area contributed by atoms with Crippen molar-refractivity contribution >= 4 is 23.8 Å². The Bertz CT molecular complexity index is 401. The van der Waals surface area contributed by atoms with Gasteiger partial charge in [0, 0.05) is 43.7 Å². The van der Waals surface area contributed by atoms with Crippen LogP contribution in [0.25, 0.3) is 0 Å². The fraction of sp³-hybridized carbons (Fsp3) is 0.875. The first kappa shape index (κ1) is 19.9. The zero-order valence-corrected chi connectivity index (χ0v) is 16.0. The van der Waals surface area contributed by atoms with Gasteiger partial charge in [0.2, 0.25) is 0 Å². The molecule has 134 valence electrons. The highest BCUT2D eigenvalue weighted by molar-refractivity contribution is 7.99. The van der Waals surface area contributed by atoms with E-state index < -0.39 is 5.60 Å². The second-order valence-corrected chi connectivity index (χ2v) is 8.19. The smallest absolute Gasteiger partial charge is 0.410 e. The maximum atomic E-state index is 12.2. The third kappa shape index (κ3) is 7.81. The first-order chi connectivity index (χ1) is 10.7. The average Bonchev–Trinajstić information content (AvgIpc) is 2.45. The van der Waals surface area contributed by atoms with Crippen LogP contribution < -0.4 is 5.73 Å². The lowest BCUT2D eigenvalue weighted by Crippen LogP contribution is -2.43. The minimum atomic E-state index is -0.473. The molecule has 23 heavy (non-hydrogen) atoms. The Labute approximate surface area is 144 Å². The molecule has 0 aromatic heterocycles. The first-order valence-corrected chi connectivity index (χ1v) is 9.48. The highest BCUT2D eigenvalue weighted by atomic mass is 32.2. The number of aliphatic imine (C=N–C) groups is 1. The van der Waals surface area contributed by atoms with Gasteiger partial charge in [0.05, 0.1) is 0 Å². The molecule has 1 aliphatic heterocycles. The second kappa shape index (κ2) is 9.25. The van der Waals surface area contributed by atoms with Crippen molar-refractivity contribution in [1.29, 1.82) is 0 Å². The van der Waals surface area contributed by atoms with Crippen LogP contribution in [0.3, 0.4) is 0 Å². The van der Waals surface area contributed by atoms with Gasteiger partial charge in [-0.1, -0.05) is 0 Å². The Kier molecular flexibility index (Phi) is 8.02. The number of hydrogen-bond acceptors (Lipinski definition) is 4. The quantitative estimate of drug-likeness (QED) is 0.471. The van der Waals surface area contributed by atoms with Crippen molar-refractivity contribution in [3.8, 4) is 0 Å². The Balaban J connectivity index is 2.42. The summed E-state index contributed by atoms with van der Waals surface area (Å²) >= 11 is 1.95. The Morgan fingerprint density at radius 2 is 1.96 bits per heavy atom. The summed E-state index contributed by atoms with van der Waals surface area (Å²) in [7, 11) is 0. The Morgan fingerprint density at radius 1 is 1.35 bits per heavy atom. The molecule has 0 aromatic rings. The summed E-state index contributed by atoms with van der Waals surface area (Å²) < 4.78 is 5.45. The van der Waals surface area contributed by atoms with Crippen LogP contribution in [0, 0.1) is 0 Å². The topological polar surface area (TPSA) is 71.2 Å². The van der Waals surface area contributed by atoms with Crippen molar-refractivity contribution < 1.29 is 9.53 Å². The fourth-order valence-corrected chi connectivity index (χ4v) is 3.11. The van der Waals surface area contributed by atoms with Gasteiger partial charge in [0.1, 0.15) is 5.60 Å². The molecule has 2 N–H and O–H groups in total. The van der Waals surface area contributed by atoms with E-state index in [0.717, 1.165) is 31.0 Å². The Hall–Kier alpha value is -1.11. The van der Waals surface area contributed by atoms with Crippen molar-refractivity contribution in [3.63, 3.8) is 0 Å². The number of hydrogen-bond donors (Lipinski definition) is 1. The molecular formula is C16H32N4O2S. The predicted octanol–water partition coefficient (Wildman–Crippen LogP) is 2.39. The summed E-state index contributed by atoms with van der Waals surface area (Å²) in [5, 5.41) is 0. The maximum absolute atomic E-state index is 12.2. The monoisotopic (exact) mass is 344 g/mol. The van der Waals surface area contributed by atoms with Crippen molar-refractivity contribution in [1.82, 2.24) is 9.80 Å². The highest BCUT2D eigenvalue weighted by Gasteiger charge is 2.23. The van der Waals surface area contributed by atoms with Gasteiger partial charge in [-0.25, -0.2) is 4.79 Å². The second-order valence-electron chi connectivity index (χ2n) is 6.96. The van der Waals surface area contributed by atoms with Crippen LogP contribution in [0.2, 0.25) is 0 Å². The van der Waals surface area contributed by atoms with E-state index in [4.69, 9.17) is 10.5 Å². The predicted molar refractivity (Wildman–Crippen MR) is 98.1 cm³/mol. The molecule has 0 atom stereocenters. The van der Waals surface area contributed by atoms with Crippen LogP contribution in [-0.2, 0) is 4.74 Å². The van der Waals surface area contributed by atoms with Crippen LogP contribution in [0.5, 0.6) is 0 Å². The van der Waals surface area contributed by atoms with E-state index in [1.54, 1.807) is 4.90 Å². The van der Waals surface area contributed by atoms with Crippen molar-refractivity contribution in [2.75, 3.05) is 37.7 Å². The highest BCUT2D eigenvalue weighted by Crippen LogP contribution is 2.12. The van der Waals surface area contributed by atoms with Gasteiger partial charge in [-0.2, -0.15) is 11.8 Å². The van der Waals surface area contributed by atoms with E-state index in [1.807, 2.05) is 46.4 Å². The molecule has 0 spiro atoms. The minimum absolute atomic E-state index is 0.102. The SMILES string of the molecule is CC(C)N(CCCN=C(N)N1CCSCC1)C(=O)OC(C)(C)C. The van der Waals surface area contributed by atoms with Gasteiger partial charge in [0.25, 0.3) is 0 Å². The molecule has 1 amide bonds. The molecule has 6 nitrogen and oxygen atoms in total. The number of carbonyl (C=O) groups excluding carboxylic acids is 1. The van der Waals surface area contributed by atoms with Crippen LogP contribution in [0.4, 0.5) is 4.79 Å².